The highest BCUT2D eigenvalue weighted by atomic mass is 32.1. The van der Waals surface area contributed by atoms with Crippen LogP contribution in [0.25, 0.3) is 10.1 Å². The third-order valence-electron chi connectivity index (χ3n) is 2.92. The number of hydrogen-bond donors (Lipinski definition) is 1. The molecular weight excluding hydrogens is 240 g/mol. The van der Waals surface area contributed by atoms with E-state index in [0.29, 0.717) is 0 Å². The molecule has 0 unspecified atom stereocenters. The monoisotopic (exact) mass is 254 g/mol. The van der Waals surface area contributed by atoms with Crippen LogP contribution in [-0.2, 0) is 6.54 Å². The van der Waals surface area contributed by atoms with Crippen molar-refractivity contribution >= 4 is 27.1 Å². The van der Waals surface area contributed by atoms with E-state index in [2.05, 4.69) is 46.0 Å². The van der Waals surface area contributed by atoms with Gasteiger partial charge < -0.3 is 5.32 Å². The topological polar surface area (TPSA) is 24.9 Å². The lowest BCUT2D eigenvalue weighted by Crippen LogP contribution is -1.99. The van der Waals surface area contributed by atoms with Gasteiger partial charge in [0.05, 0.1) is 0 Å². The van der Waals surface area contributed by atoms with Crippen molar-refractivity contribution in [2.75, 3.05) is 5.32 Å². The molecule has 2 heterocycles. The minimum absolute atomic E-state index is 0.808. The minimum atomic E-state index is 0.808. The van der Waals surface area contributed by atoms with E-state index in [9.17, 15) is 0 Å². The normalized spacial score (nSPS) is 10.7. The van der Waals surface area contributed by atoms with E-state index in [1.807, 2.05) is 19.2 Å². The van der Waals surface area contributed by atoms with Crippen molar-refractivity contribution in [3.05, 3.63) is 59.2 Å². The summed E-state index contributed by atoms with van der Waals surface area (Å²) in [5, 5.41) is 6.85. The van der Waals surface area contributed by atoms with E-state index in [-0.39, 0.29) is 0 Å². The van der Waals surface area contributed by atoms with E-state index >= 15 is 0 Å². The Hall–Kier alpha value is -1.87. The number of anilines is 1. The van der Waals surface area contributed by atoms with Gasteiger partial charge in [0.15, 0.2) is 0 Å². The number of rotatable bonds is 3. The molecule has 1 N–H and O–H groups in total. The molecule has 2 nitrogen and oxygen atoms in total. The molecule has 0 aliphatic carbocycles. The molecular formula is C15H14N2S. The average molecular weight is 254 g/mol. The van der Waals surface area contributed by atoms with Crippen LogP contribution < -0.4 is 5.32 Å². The van der Waals surface area contributed by atoms with Crippen molar-refractivity contribution in [1.29, 1.82) is 0 Å². The summed E-state index contributed by atoms with van der Waals surface area (Å²) in [5.41, 5.74) is 3.41. The summed E-state index contributed by atoms with van der Waals surface area (Å²) in [5.74, 6) is 0. The predicted octanol–water partition coefficient (Wildman–Crippen LogP) is 4.22. The molecule has 3 heteroatoms. The molecule has 1 aromatic carbocycles. The first-order chi connectivity index (χ1) is 8.81. The van der Waals surface area contributed by atoms with Gasteiger partial charge in [-0.2, -0.15) is 0 Å². The highest BCUT2D eigenvalue weighted by Gasteiger charge is 1.98. The zero-order valence-corrected chi connectivity index (χ0v) is 11.0. The van der Waals surface area contributed by atoms with E-state index < -0.39 is 0 Å². The maximum absolute atomic E-state index is 4.29. The fourth-order valence-electron chi connectivity index (χ4n) is 1.88. The maximum Gasteiger partial charge on any atom is 0.0416 e. The zero-order chi connectivity index (χ0) is 12.4. The first-order valence-corrected chi connectivity index (χ1v) is 6.82. The van der Waals surface area contributed by atoms with E-state index in [1.54, 1.807) is 11.3 Å². The van der Waals surface area contributed by atoms with Gasteiger partial charge in [-0.05, 0) is 53.6 Å². The summed E-state index contributed by atoms with van der Waals surface area (Å²) in [6.07, 6.45) is 1.92. The Morgan fingerprint density at radius 1 is 1.17 bits per heavy atom. The van der Waals surface area contributed by atoms with Crippen molar-refractivity contribution in [2.24, 2.45) is 0 Å². The molecule has 90 valence electrons. The molecule has 0 atom stereocenters. The Morgan fingerprint density at radius 2 is 2.11 bits per heavy atom. The van der Waals surface area contributed by atoms with Crippen LogP contribution in [0.5, 0.6) is 0 Å². The number of aromatic nitrogens is 1. The maximum atomic E-state index is 4.29. The number of fused-ring (bicyclic) bond motifs is 1. The van der Waals surface area contributed by atoms with Gasteiger partial charge in [-0.25, -0.2) is 0 Å². The van der Waals surface area contributed by atoms with E-state index in [1.165, 1.54) is 15.6 Å². The lowest BCUT2D eigenvalue weighted by molar-refractivity contribution is 1.09. The van der Waals surface area contributed by atoms with Crippen LogP contribution in [0, 0.1) is 6.92 Å². The molecule has 3 rings (SSSR count). The van der Waals surface area contributed by atoms with Crippen LogP contribution in [-0.4, -0.2) is 4.98 Å². The van der Waals surface area contributed by atoms with Gasteiger partial charge in [0.2, 0.25) is 0 Å². The van der Waals surface area contributed by atoms with Crippen molar-refractivity contribution in [1.82, 2.24) is 4.98 Å². The number of nitrogens with one attached hydrogen (secondary N) is 1. The Labute approximate surface area is 110 Å². The molecule has 0 amide bonds. The summed E-state index contributed by atoms with van der Waals surface area (Å²) in [4.78, 5) is 4.29. The zero-order valence-electron chi connectivity index (χ0n) is 10.2. The van der Waals surface area contributed by atoms with Crippen molar-refractivity contribution in [3.63, 3.8) is 0 Å². The van der Waals surface area contributed by atoms with E-state index in [0.717, 1.165) is 17.9 Å². The fourth-order valence-corrected chi connectivity index (χ4v) is 2.65. The van der Waals surface area contributed by atoms with Gasteiger partial charge in [-0.3, -0.25) is 4.98 Å². The second kappa shape index (κ2) is 4.78. The number of pyridine rings is 1. The molecule has 0 bridgehead atoms. The molecule has 0 spiro atoms. The van der Waals surface area contributed by atoms with Crippen molar-refractivity contribution in [2.45, 2.75) is 13.5 Å². The Balaban J connectivity index is 1.74. The minimum Gasteiger partial charge on any atom is -0.381 e. The Kier molecular flexibility index (Phi) is 2.99. The highest BCUT2D eigenvalue weighted by Crippen LogP contribution is 2.24. The highest BCUT2D eigenvalue weighted by molar-refractivity contribution is 7.17. The van der Waals surface area contributed by atoms with Crippen LogP contribution in [0.15, 0.2) is 48.0 Å². The lowest BCUT2D eigenvalue weighted by atomic mass is 10.2. The first-order valence-electron chi connectivity index (χ1n) is 5.94. The summed E-state index contributed by atoms with van der Waals surface area (Å²) in [7, 11) is 0. The largest absolute Gasteiger partial charge is 0.381 e. The molecule has 18 heavy (non-hydrogen) atoms. The summed E-state index contributed by atoms with van der Waals surface area (Å²) < 4.78 is 1.33. The number of aryl methyl sites for hydroxylation is 1. The summed E-state index contributed by atoms with van der Waals surface area (Å²) >= 11 is 1.77. The van der Waals surface area contributed by atoms with Crippen molar-refractivity contribution in [3.8, 4) is 0 Å². The predicted molar refractivity (Wildman–Crippen MR) is 78.1 cm³/mol. The molecule has 0 saturated carbocycles. The second-order valence-electron chi connectivity index (χ2n) is 4.33. The van der Waals surface area contributed by atoms with Crippen LogP contribution in [0.2, 0.25) is 0 Å². The molecule has 3 aromatic rings. The summed E-state index contributed by atoms with van der Waals surface area (Å²) in [6, 6.07) is 12.8. The Bertz CT molecular complexity index is 656. The van der Waals surface area contributed by atoms with Gasteiger partial charge in [0, 0.05) is 28.8 Å². The first kappa shape index (κ1) is 11.2. The molecule has 2 aromatic heterocycles. The number of hydrogen-bond acceptors (Lipinski definition) is 3. The summed E-state index contributed by atoms with van der Waals surface area (Å²) in [6.45, 7) is 2.81. The van der Waals surface area contributed by atoms with Crippen LogP contribution >= 0.6 is 11.3 Å². The number of benzene rings is 1. The molecule has 0 aliphatic rings. The third kappa shape index (κ3) is 2.36. The van der Waals surface area contributed by atoms with Crippen LogP contribution in [0.1, 0.15) is 11.3 Å². The molecule has 0 saturated heterocycles. The van der Waals surface area contributed by atoms with Gasteiger partial charge in [0.25, 0.3) is 0 Å². The van der Waals surface area contributed by atoms with E-state index in [4.69, 9.17) is 0 Å². The smallest absolute Gasteiger partial charge is 0.0416 e. The fraction of sp³-hybridized carbons (Fsp3) is 0.133. The second-order valence-corrected chi connectivity index (χ2v) is 5.28. The van der Waals surface area contributed by atoms with Crippen molar-refractivity contribution < 1.29 is 0 Å². The molecule has 0 radical (unpaired) electrons. The average Bonchev–Trinajstić information content (AvgIpc) is 2.85. The standard InChI is InChI=1S/C15H14N2S/c1-11-2-3-12(9-16-11)10-17-14-4-5-15-13(8-14)6-7-18-15/h2-9,17H,10H2,1H3. The van der Waals surface area contributed by atoms with Gasteiger partial charge in [0.1, 0.15) is 0 Å². The van der Waals surface area contributed by atoms with Gasteiger partial charge in [-0.15, -0.1) is 11.3 Å². The quantitative estimate of drug-likeness (QED) is 0.757. The molecule has 0 fully saturated rings. The van der Waals surface area contributed by atoms with Crippen LogP contribution in [0.3, 0.4) is 0 Å². The lowest BCUT2D eigenvalue weighted by Gasteiger charge is -2.06. The van der Waals surface area contributed by atoms with Crippen LogP contribution in [0.4, 0.5) is 5.69 Å². The third-order valence-corrected chi connectivity index (χ3v) is 3.82. The Morgan fingerprint density at radius 3 is 2.94 bits per heavy atom. The number of nitrogens with zero attached hydrogens (tertiary/aromatic N) is 1. The van der Waals surface area contributed by atoms with Gasteiger partial charge in [-0.1, -0.05) is 6.07 Å². The molecule has 0 aliphatic heterocycles. The SMILES string of the molecule is Cc1ccc(CNc2ccc3sccc3c2)cn1. The van der Waals surface area contributed by atoms with Gasteiger partial charge >= 0.3 is 0 Å². The number of thiophene rings is 1.